The standard InChI is InChI=1S/C86H147N3O27/c1-75-19-21-79-77(73-75)85(3,4)81(15-14-16-82-86(5,6)78-74-76(2)20-22-80(78)89(82)25-13-9-11-18-84(91)92)88(79)24-12-8-10-17-83(90)87-23-26-94-29-30-96-33-34-98-37-38-100-41-42-102-45-46-104-49-50-106-53-54-108-57-58-110-61-62-112-65-66-114-69-70-116-72-71-115-68-67-113-64-63-111-60-59-109-56-55-107-52-51-105-48-47-103-44-43-101-40-39-99-36-35-97-32-31-95-28-27-93-7/h14-16,19-22,73-74H,8-13,17-18,23-72H2,1-7H3,(H-,87,90,91,92)/p+1. The van der Waals surface area contributed by atoms with Gasteiger partial charge >= 0.3 is 5.97 Å². The van der Waals surface area contributed by atoms with Crippen LogP contribution in [-0.4, -0.2) is 365 Å². The molecule has 1 amide bonds. The summed E-state index contributed by atoms with van der Waals surface area (Å²) in [5.41, 5.74) is 9.74. The molecule has 2 heterocycles. The lowest BCUT2D eigenvalue weighted by Crippen LogP contribution is -2.28. The number of methoxy groups -OCH3 is 1. The van der Waals surface area contributed by atoms with E-state index in [2.05, 4.69) is 111 Å². The Morgan fingerprint density at radius 2 is 0.672 bits per heavy atom. The summed E-state index contributed by atoms with van der Waals surface area (Å²) in [5, 5.41) is 12.2. The number of amides is 1. The van der Waals surface area contributed by atoms with Crippen LogP contribution in [0.2, 0.25) is 0 Å². The van der Waals surface area contributed by atoms with Crippen molar-refractivity contribution in [2.24, 2.45) is 0 Å². The number of hydrogen-bond acceptors (Lipinski definition) is 27. The van der Waals surface area contributed by atoms with Crippen LogP contribution in [-0.2, 0) is 134 Å². The second-order valence-corrected chi connectivity index (χ2v) is 28.3. The topological polar surface area (TPSA) is 294 Å². The molecule has 2 N–H and O–H groups in total. The third kappa shape index (κ3) is 51.9. The number of fused-ring (bicyclic) bond motifs is 2. The second kappa shape index (κ2) is 72.0. The summed E-state index contributed by atoms with van der Waals surface area (Å²) in [4.78, 5) is 26.4. The molecule has 0 aliphatic carbocycles. The average molecular weight is 1660 g/mol. The lowest BCUT2D eigenvalue weighted by Gasteiger charge is -2.27. The number of rotatable bonds is 86. The van der Waals surface area contributed by atoms with Gasteiger partial charge in [-0.1, -0.05) is 55.7 Å². The minimum absolute atomic E-state index is 0.0376. The van der Waals surface area contributed by atoms with E-state index in [-0.39, 0.29) is 23.2 Å². The predicted octanol–water partition coefficient (Wildman–Crippen LogP) is 8.27. The molecule has 30 heteroatoms. The Hall–Kier alpha value is -4.63. The zero-order valence-electron chi connectivity index (χ0n) is 71.7. The number of carbonyl (C=O) groups is 2. The largest absolute Gasteiger partial charge is 0.481 e. The Bertz CT molecular complexity index is 2800. The highest BCUT2D eigenvalue weighted by molar-refractivity contribution is 6.03. The lowest BCUT2D eigenvalue weighted by atomic mass is 9.80. The van der Waals surface area contributed by atoms with Crippen LogP contribution in [0.5, 0.6) is 0 Å². The first-order valence-corrected chi connectivity index (χ1v) is 42.2. The molecule has 0 aromatic heterocycles. The van der Waals surface area contributed by atoms with Gasteiger partial charge in [0.05, 0.1) is 316 Å². The van der Waals surface area contributed by atoms with Gasteiger partial charge in [-0.2, -0.15) is 4.58 Å². The van der Waals surface area contributed by atoms with Crippen molar-refractivity contribution < 1.29 is 133 Å². The van der Waals surface area contributed by atoms with Gasteiger partial charge in [0.25, 0.3) is 0 Å². The summed E-state index contributed by atoms with van der Waals surface area (Å²) in [6, 6.07) is 13.5. The quantitative estimate of drug-likeness (QED) is 0.0465. The smallest absolute Gasteiger partial charge is 0.303 e. The van der Waals surface area contributed by atoms with Crippen LogP contribution in [0.1, 0.15) is 101 Å². The molecule has 0 spiro atoms. The summed E-state index contributed by atoms with van der Waals surface area (Å²) in [7, 11) is 1.64. The van der Waals surface area contributed by atoms with Crippen LogP contribution < -0.4 is 10.2 Å². The Kier molecular flexibility index (Phi) is 64.4. The van der Waals surface area contributed by atoms with E-state index >= 15 is 0 Å². The van der Waals surface area contributed by atoms with Crippen LogP contribution in [0.25, 0.3) is 0 Å². The van der Waals surface area contributed by atoms with Gasteiger partial charge in [-0.15, -0.1) is 0 Å². The first-order chi connectivity index (χ1) is 56.9. The molecule has 0 unspecified atom stereocenters. The molecule has 2 aromatic carbocycles. The highest BCUT2D eigenvalue weighted by atomic mass is 16.6. The number of allylic oxidation sites excluding steroid dienone is 4. The van der Waals surface area contributed by atoms with Gasteiger partial charge in [-0.3, -0.25) is 9.59 Å². The fraction of sp³-hybridized carbons (Fsp3) is 0.779. The lowest BCUT2D eigenvalue weighted by molar-refractivity contribution is -0.438. The maximum Gasteiger partial charge on any atom is 0.303 e. The van der Waals surface area contributed by atoms with Crippen LogP contribution in [0.3, 0.4) is 0 Å². The fourth-order valence-corrected chi connectivity index (χ4v) is 12.2. The van der Waals surface area contributed by atoms with Crippen molar-refractivity contribution in [3.63, 3.8) is 0 Å². The second-order valence-electron chi connectivity index (χ2n) is 28.3. The first-order valence-electron chi connectivity index (χ1n) is 42.2. The Morgan fingerprint density at radius 3 is 1.01 bits per heavy atom. The van der Waals surface area contributed by atoms with Crippen LogP contribution in [0, 0.1) is 13.8 Å². The molecular weight excluding hydrogens is 1510 g/mol. The number of anilines is 1. The number of aryl methyl sites for hydroxylation is 2. The fourth-order valence-electron chi connectivity index (χ4n) is 12.2. The zero-order chi connectivity index (χ0) is 83.0. The van der Waals surface area contributed by atoms with Crippen molar-refractivity contribution >= 4 is 29.0 Å². The normalized spacial score (nSPS) is 14.1. The van der Waals surface area contributed by atoms with E-state index in [9.17, 15) is 14.7 Å². The number of carboxylic acids is 1. The molecule has 2 aliphatic rings. The molecule has 0 radical (unpaired) electrons. The van der Waals surface area contributed by atoms with E-state index in [4.69, 9.17) is 114 Å². The van der Waals surface area contributed by atoms with Gasteiger partial charge in [0.2, 0.25) is 11.6 Å². The van der Waals surface area contributed by atoms with Crippen molar-refractivity contribution in [3.8, 4) is 0 Å². The van der Waals surface area contributed by atoms with Crippen LogP contribution >= 0.6 is 0 Å². The number of hydrogen-bond donors (Lipinski definition) is 2. The molecule has 0 saturated heterocycles. The van der Waals surface area contributed by atoms with Crippen molar-refractivity contribution in [3.05, 3.63) is 82.6 Å². The summed E-state index contributed by atoms with van der Waals surface area (Å²) in [6.07, 6.45) is 12.7. The van der Waals surface area contributed by atoms with Gasteiger partial charge < -0.3 is 129 Å². The maximum absolute atomic E-state index is 12.7. The van der Waals surface area contributed by atoms with Crippen LogP contribution in [0.4, 0.5) is 11.4 Å². The molecular formula is C86H148N3O27+. The first kappa shape index (κ1) is 104. The highest BCUT2D eigenvalue weighted by Gasteiger charge is 2.45. The van der Waals surface area contributed by atoms with E-state index in [0.717, 1.165) is 45.2 Å². The highest BCUT2D eigenvalue weighted by Crippen LogP contribution is 2.48. The molecule has 668 valence electrons. The van der Waals surface area contributed by atoms with E-state index in [0.29, 0.717) is 330 Å². The van der Waals surface area contributed by atoms with Crippen molar-refractivity contribution in [2.45, 2.75) is 104 Å². The van der Waals surface area contributed by atoms with Gasteiger partial charge in [0.1, 0.15) is 6.54 Å². The molecule has 2 aromatic rings. The van der Waals surface area contributed by atoms with E-state index in [1.807, 2.05) is 0 Å². The maximum atomic E-state index is 12.7. The van der Waals surface area contributed by atoms with Gasteiger partial charge in [0, 0.05) is 74.0 Å². The molecule has 0 saturated carbocycles. The third-order valence-corrected chi connectivity index (χ3v) is 18.3. The van der Waals surface area contributed by atoms with Crippen molar-refractivity contribution in [1.29, 1.82) is 0 Å². The SMILES string of the molecule is COCCOCCOCCOCCOCCOCCOCCOCCOCCOCCOCCOCCOCCOCCOCCOCCOCCOCCOCCOCCOCCOCCOCCOCCNC(=O)CCCCCN1C(=CC=CC2=[N+](CCCCCC(=O)O)c3ccc(C)cc3C2(C)C)C(C)(C)c2cc(C)ccc21. The van der Waals surface area contributed by atoms with Gasteiger partial charge in [-0.25, -0.2) is 0 Å². The number of benzene rings is 2. The Balaban J connectivity index is 0.782. The predicted molar refractivity (Wildman–Crippen MR) is 441 cm³/mol. The van der Waals surface area contributed by atoms with Gasteiger partial charge in [0.15, 0.2) is 5.71 Å². The molecule has 0 atom stereocenters. The molecule has 4 rings (SSSR count). The van der Waals surface area contributed by atoms with E-state index < -0.39 is 5.97 Å². The zero-order valence-corrected chi connectivity index (χ0v) is 71.7. The monoisotopic (exact) mass is 1660 g/mol. The number of ether oxygens (including phenoxy) is 24. The van der Waals surface area contributed by atoms with E-state index in [1.54, 1.807) is 7.11 Å². The summed E-state index contributed by atoms with van der Waals surface area (Å²) < 4.78 is 135. The minimum atomic E-state index is -0.738. The summed E-state index contributed by atoms with van der Waals surface area (Å²) in [6.45, 7) is 38.5. The molecule has 0 bridgehead atoms. The molecule has 30 nitrogen and oxygen atoms in total. The molecule has 0 fully saturated rings. The average Bonchev–Trinajstić information content (AvgIpc) is 1.60. The van der Waals surface area contributed by atoms with Gasteiger partial charge in [-0.05, 0) is 77.2 Å². The number of carbonyl (C=O) groups excluding carboxylic acids is 1. The third-order valence-electron chi connectivity index (χ3n) is 18.3. The summed E-state index contributed by atoms with van der Waals surface area (Å²) in [5.74, 6) is -0.700. The minimum Gasteiger partial charge on any atom is -0.481 e. The molecule has 2 aliphatic heterocycles. The number of nitrogens with one attached hydrogen (secondary N) is 1. The Morgan fingerprint density at radius 1 is 0.371 bits per heavy atom. The Labute approximate surface area is 692 Å². The number of aliphatic carboxylic acids is 1. The van der Waals surface area contributed by atoms with E-state index in [1.165, 1.54) is 45.0 Å². The number of nitrogens with zero attached hydrogens (tertiary/aromatic N) is 2. The van der Waals surface area contributed by atoms with Crippen molar-refractivity contribution in [1.82, 2.24) is 5.32 Å². The van der Waals surface area contributed by atoms with Crippen LogP contribution in [0.15, 0.2) is 60.3 Å². The number of carboxylic acid groups (broad SMARTS) is 1. The number of unbranched alkanes of at least 4 members (excludes halogenated alkanes) is 4. The molecule has 116 heavy (non-hydrogen) atoms. The summed E-state index contributed by atoms with van der Waals surface area (Å²) >= 11 is 0. The van der Waals surface area contributed by atoms with Crippen molar-refractivity contribution in [2.75, 3.05) is 342 Å².